The second-order valence-electron chi connectivity index (χ2n) is 4.58. The zero-order valence-corrected chi connectivity index (χ0v) is 10.5. The summed E-state index contributed by atoms with van der Waals surface area (Å²) in [6, 6.07) is 0. The number of nitrogens with zero attached hydrogens (tertiary/aromatic N) is 1. The Labute approximate surface area is 93.0 Å². The number of nitrogens with one attached hydrogen (secondary N) is 1. The van der Waals surface area contributed by atoms with Crippen molar-refractivity contribution in [2.45, 2.75) is 12.8 Å². The molecule has 15 heavy (non-hydrogen) atoms. The van der Waals surface area contributed by atoms with Crippen molar-refractivity contribution in [1.82, 2.24) is 10.2 Å². The van der Waals surface area contributed by atoms with Gasteiger partial charge in [0, 0.05) is 25.9 Å². The lowest BCUT2D eigenvalue weighted by Crippen LogP contribution is -2.33. The van der Waals surface area contributed by atoms with E-state index >= 15 is 0 Å². The van der Waals surface area contributed by atoms with E-state index in [2.05, 4.69) is 10.2 Å². The van der Waals surface area contributed by atoms with Crippen LogP contribution in [-0.4, -0.2) is 58.6 Å². The van der Waals surface area contributed by atoms with Gasteiger partial charge in [0.1, 0.15) is 9.84 Å². The van der Waals surface area contributed by atoms with E-state index in [4.69, 9.17) is 0 Å². The van der Waals surface area contributed by atoms with Gasteiger partial charge in [0.15, 0.2) is 0 Å². The molecule has 0 amide bonds. The second-order valence-corrected chi connectivity index (χ2v) is 6.84. The SMILES string of the molecule is CN(CCNCC1CC1)CCS(C)(=O)=O. The maximum Gasteiger partial charge on any atom is 0.148 e. The van der Waals surface area contributed by atoms with Crippen LogP contribution in [0.2, 0.25) is 0 Å². The van der Waals surface area contributed by atoms with Crippen LogP contribution >= 0.6 is 0 Å². The maximum absolute atomic E-state index is 10.9. The molecule has 1 saturated carbocycles. The summed E-state index contributed by atoms with van der Waals surface area (Å²) in [5.74, 6) is 1.16. The van der Waals surface area contributed by atoms with Crippen molar-refractivity contribution < 1.29 is 8.42 Å². The van der Waals surface area contributed by atoms with Gasteiger partial charge in [0.25, 0.3) is 0 Å². The number of likely N-dealkylation sites (N-methyl/N-ethyl adjacent to an activating group) is 1. The van der Waals surface area contributed by atoms with Gasteiger partial charge < -0.3 is 10.2 Å². The highest BCUT2D eigenvalue weighted by Gasteiger charge is 2.19. The Morgan fingerprint density at radius 2 is 2.00 bits per heavy atom. The lowest BCUT2D eigenvalue weighted by molar-refractivity contribution is 0.349. The predicted molar refractivity (Wildman–Crippen MR) is 62.8 cm³/mol. The van der Waals surface area contributed by atoms with Crippen LogP contribution in [0.3, 0.4) is 0 Å². The number of rotatable bonds is 8. The Morgan fingerprint density at radius 1 is 1.33 bits per heavy atom. The topological polar surface area (TPSA) is 49.4 Å². The quantitative estimate of drug-likeness (QED) is 0.599. The van der Waals surface area contributed by atoms with E-state index in [1.807, 2.05) is 7.05 Å². The minimum Gasteiger partial charge on any atom is -0.315 e. The second kappa shape index (κ2) is 5.82. The molecule has 5 heteroatoms. The molecule has 90 valence electrons. The van der Waals surface area contributed by atoms with Crippen molar-refractivity contribution in [3.05, 3.63) is 0 Å². The van der Waals surface area contributed by atoms with Crippen molar-refractivity contribution in [3.8, 4) is 0 Å². The van der Waals surface area contributed by atoms with E-state index in [9.17, 15) is 8.42 Å². The number of hydrogen-bond donors (Lipinski definition) is 1. The summed E-state index contributed by atoms with van der Waals surface area (Å²) in [5.41, 5.74) is 0. The fraction of sp³-hybridized carbons (Fsp3) is 1.00. The molecule has 1 fully saturated rings. The molecule has 0 atom stereocenters. The number of hydrogen-bond acceptors (Lipinski definition) is 4. The molecule has 0 aromatic heterocycles. The van der Waals surface area contributed by atoms with Crippen molar-refractivity contribution in [3.63, 3.8) is 0 Å². The highest BCUT2D eigenvalue weighted by molar-refractivity contribution is 7.90. The number of sulfone groups is 1. The van der Waals surface area contributed by atoms with Gasteiger partial charge in [-0.15, -0.1) is 0 Å². The summed E-state index contributed by atoms with van der Waals surface area (Å²) < 4.78 is 21.8. The molecule has 0 bridgehead atoms. The van der Waals surface area contributed by atoms with E-state index in [0.29, 0.717) is 6.54 Å². The van der Waals surface area contributed by atoms with Gasteiger partial charge in [-0.05, 0) is 32.4 Å². The maximum atomic E-state index is 10.9. The van der Waals surface area contributed by atoms with Gasteiger partial charge in [-0.2, -0.15) is 0 Å². The standard InChI is InChI=1S/C10H22N2O2S/c1-12(7-8-15(2,13)14)6-5-11-9-10-3-4-10/h10-11H,3-9H2,1-2H3. The molecule has 0 aromatic rings. The molecular formula is C10H22N2O2S. The van der Waals surface area contributed by atoms with E-state index in [0.717, 1.165) is 25.6 Å². The monoisotopic (exact) mass is 234 g/mol. The molecule has 0 spiro atoms. The van der Waals surface area contributed by atoms with Gasteiger partial charge in [-0.25, -0.2) is 8.42 Å². The summed E-state index contributed by atoms with van der Waals surface area (Å²) in [5, 5.41) is 3.38. The Hall–Kier alpha value is -0.130. The van der Waals surface area contributed by atoms with Crippen molar-refractivity contribution >= 4 is 9.84 Å². The van der Waals surface area contributed by atoms with Crippen LogP contribution in [0.15, 0.2) is 0 Å². The van der Waals surface area contributed by atoms with E-state index < -0.39 is 9.84 Å². The van der Waals surface area contributed by atoms with Gasteiger partial charge in [0.2, 0.25) is 0 Å². The predicted octanol–water partition coefficient (Wildman–Crippen LogP) is -0.0376. The molecule has 0 heterocycles. The third-order valence-electron chi connectivity index (χ3n) is 2.64. The summed E-state index contributed by atoms with van der Waals surface area (Å²) in [4.78, 5) is 2.06. The van der Waals surface area contributed by atoms with Crippen LogP contribution in [0.25, 0.3) is 0 Å². The summed E-state index contributed by atoms with van der Waals surface area (Å²) >= 11 is 0. The summed E-state index contributed by atoms with van der Waals surface area (Å²) in [6.07, 6.45) is 4.03. The minimum absolute atomic E-state index is 0.256. The molecule has 1 aliphatic carbocycles. The minimum atomic E-state index is -2.82. The van der Waals surface area contributed by atoms with Crippen molar-refractivity contribution in [1.29, 1.82) is 0 Å². The van der Waals surface area contributed by atoms with Crippen LogP contribution < -0.4 is 5.32 Å². The van der Waals surface area contributed by atoms with Crippen molar-refractivity contribution in [2.75, 3.05) is 45.2 Å². The normalized spacial score (nSPS) is 17.3. The highest BCUT2D eigenvalue weighted by Crippen LogP contribution is 2.27. The van der Waals surface area contributed by atoms with Gasteiger partial charge >= 0.3 is 0 Å². The summed E-state index contributed by atoms with van der Waals surface area (Å²) in [7, 11) is -0.853. The molecule has 0 unspecified atom stereocenters. The van der Waals surface area contributed by atoms with Crippen LogP contribution in [0, 0.1) is 5.92 Å². The Balaban J connectivity index is 1.94. The average molecular weight is 234 g/mol. The largest absolute Gasteiger partial charge is 0.315 e. The van der Waals surface area contributed by atoms with Gasteiger partial charge in [-0.1, -0.05) is 0 Å². The van der Waals surface area contributed by atoms with E-state index in [1.54, 1.807) is 0 Å². The Morgan fingerprint density at radius 3 is 2.53 bits per heavy atom. The Kier molecular flexibility index (Phi) is 5.02. The fourth-order valence-electron chi connectivity index (χ4n) is 1.33. The first-order valence-corrected chi connectivity index (χ1v) is 7.60. The molecule has 4 nitrogen and oxygen atoms in total. The van der Waals surface area contributed by atoms with E-state index in [-0.39, 0.29) is 5.75 Å². The molecule has 1 aliphatic rings. The zero-order chi connectivity index (χ0) is 11.3. The molecule has 1 N–H and O–H groups in total. The first-order valence-electron chi connectivity index (χ1n) is 5.54. The van der Waals surface area contributed by atoms with Crippen LogP contribution in [0.4, 0.5) is 0 Å². The molecular weight excluding hydrogens is 212 g/mol. The average Bonchev–Trinajstić information content (AvgIpc) is 2.91. The van der Waals surface area contributed by atoms with Crippen molar-refractivity contribution in [2.24, 2.45) is 5.92 Å². The van der Waals surface area contributed by atoms with E-state index in [1.165, 1.54) is 19.1 Å². The third-order valence-corrected chi connectivity index (χ3v) is 3.57. The smallest absolute Gasteiger partial charge is 0.148 e. The molecule has 0 saturated heterocycles. The van der Waals surface area contributed by atoms with Crippen LogP contribution in [-0.2, 0) is 9.84 Å². The lowest BCUT2D eigenvalue weighted by Gasteiger charge is -2.16. The zero-order valence-electron chi connectivity index (χ0n) is 9.70. The highest BCUT2D eigenvalue weighted by atomic mass is 32.2. The molecule has 0 radical (unpaired) electrons. The molecule has 0 aliphatic heterocycles. The molecule has 1 rings (SSSR count). The van der Waals surface area contributed by atoms with Crippen LogP contribution in [0.5, 0.6) is 0 Å². The lowest BCUT2D eigenvalue weighted by atomic mass is 10.4. The van der Waals surface area contributed by atoms with Crippen LogP contribution in [0.1, 0.15) is 12.8 Å². The molecule has 0 aromatic carbocycles. The fourth-order valence-corrected chi connectivity index (χ4v) is 1.97. The van der Waals surface area contributed by atoms with Gasteiger partial charge in [0.05, 0.1) is 5.75 Å². The Bertz CT molecular complexity index is 273. The first kappa shape index (κ1) is 12.9. The first-order chi connectivity index (χ1) is 6.97. The van der Waals surface area contributed by atoms with Gasteiger partial charge in [-0.3, -0.25) is 0 Å². The third kappa shape index (κ3) is 7.76. The summed E-state index contributed by atoms with van der Waals surface area (Å²) in [6.45, 7) is 3.63.